The molecule has 2 aliphatic carbocycles. The minimum absolute atomic E-state index is 0.181. The van der Waals surface area contributed by atoms with Crippen molar-refractivity contribution in [3.8, 4) is 0 Å². The molecule has 2 aromatic rings. The standard InChI is InChI=1S/C17H23N5O/c1-9-6-10(2)22-17(18-9)20-15(21-22)16(23)19-11(3)14-8-12-4-5-13(14)7-12/h6,11-14H,4-5,7-8H2,1-3H3,(H,19,23)/t11-,12-,13-,14-/m0/s1. The Balaban J connectivity index is 1.51. The van der Waals surface area contributed by atoms with Gasteiger partial charge in [-0.2, -0.15) is 4.98 Å². The van der Waals surface area contributed by atoms with E-state index in [1.54, 1.807) is 4.52 Å². The van der Waals surface area contributed by atoms with Gasteiger partial charge in [0, 0.05) is 17.4 Å². The fourth-order valence-electron chi connectivity index (χ4n) is 4.55. The molecule has 0 aliphatic heterocycles. The summed E-state index contributed by atoms with van der Waals surface area (Å²) in [5, 5.41) is 7.42. The number of carbonyl (C=O) groups is 1. The number of hydrogen-bond donors (Lipinski definition) is 1. The molecular formula is C17H23N5O. The van der Waals surface area contributed by atoms with Crippen molar-refractivity contribution in [2.75, 3.05) is 0 Å². The zero-order chi connectivity index (χ0) is 16.1. The molecule has 1 amide bonds. The lowest BCUT2D eigenvalue weighted by molar-refractivity contribution is 0.0905. The molecule has 2 aromatic heterocycles. The van der Waals surface area contributed by atoms with Crippen molar-refractivity contribution in [2.24, 2.45) is 17.8 Å². The van der Waals surface area contributed by atoms with Gasteiger partial charge in [-0.25, -0.2) is 9.50 Å². The van der Waals surface area contributed by atoms with Crippen LogP contribution in [0.3, 0.4) is 0 Å². The zero-order valence-electron chi connectivity index (χ0n) is 13.9. The predicted octanol–water partition coefficient (Wildman–Crippen LogP) is 2.30. The van der Waals surface area contributed by atoms with E-state index >= 15 is 0 Å². The Morgan fingerprint density at radius 3 is 2.83 bits per heavy atom. The highest BCUT2D eigenvalue weighted by Gasteiger charge is 2.42. The van der Waals surface area contributed by atoms with E-state index in [2.05, 4.69) is 27.3 Å². The number of amides is 1. The van der Waals surface area contributed by atoms with Gasteiger partial charge in [0.25, 0.3) is 11.7 Å². The number of fused-ring (bicyclic) bond motifs is 3. The van der Waals surface area contributed by atoms with Crippen LogP contribution in [0.15, 0.2) is 6.07 Å². The van der Waals surface area contributed by atoms with E-state index in [0.29, 0.717) is 11.7 Å². The van der Waals surface area contributed by atoms with Crippen molar-refractivity contribution in [3.05, 3.63) is 23.3 Å². The van der Waals surface area contributed by atoms with Gasteiger partial charge >= 0.3 is 0 Å². The number of aromatic nitrogens is 4. The second kappa shape index (κ2) is 5.28. The molecule has 0 aromatic carbocycles. The van der Waals surface area contributed by atoms with Gasteiger partial charge in [0.2, 0.25) is 5.82 Å². The molecule has 23 heavy (non-hydrogen) atoms. The third-order valence-electron chi connectivity index (χ3n) is 5.62. The number of aryl methyl sites for hydroxylation is 2. The molecule has 0 spiro atoms. The van der Waals surface area contributed by atoms with Crippen LogP contribution in [-0.4, -0.2) is 31.5 Å². The van der Waals surface area contributed by atoms with Crippen molar-refractivity contribution in [1.82, 2.24) is 24.9 Å². The lowest BCUT2D eigenvalue weighted by Crippen LogP contribution is -2.40. The van der Waals surface area contributed by atoms with Crippen molar-refractivity contribution >= 4 is 11.7 Å². The third-order valence-corrected chi connectivity index (χ3v) is 5.62. The average molecular weight is 313 g/mol. The molecule has 4 rings (SSSR count). The average Bonchev–Trinajstić information content (AvgIpc) is 3.21. The fraction of sp³-hybridized carbons (Fsp3) is 0.647. The van der Waals surface area contributed by atoms with Crippen molar-refractivity contribution < 1.29 is 4.79 Å². The van der Waals surface area contributed by atoms with Gasteiger partial charge in [0.1, 0.15) is 0 Å². The summed E-state index contributed by atoms with van der Waals surface area (Å²) in [5.41, 5.74) is 1.81. The Hall–Kier alpha value is -1.98. The Morgan fingerprint density at radius 1 is 1.30 bits per heavy atom. The molecule has 2 heterocycles. The van der Waals surface area contributed by atoms with E-state index in [0.717, 1.165) is 23.2 Å². The van der Waals surface area contributed by atoms with Crippen LogP contribution >= 0.6 is 0 Å². The summed E-state index contributed by atoms with van der Waals surface area (Å²) in [6.45, 7) is 5.97. The topological polar surface area (TPSA) is 72.2 Å². The molecule has 6 nitrogen and oxygen atoms in total. The van der Waals surface area contributed by atoms with Gasteiger partial charge in [-0.3, -0.25) is 4.79 Å². The van der Waals surface area contributed by atoms with Crippen LogP contribution in [0.2, 0.25) is 0 Å². The van der Waals surface area contributed by atoms with Crippen molar-refractivity contribution in [1.29, 1.82) is 0 Å². The van der Waals surface area contributed by atoms with E-state index in [9.17, 15) is 4.79 Å². The van der Waals surface area contributed by atoms with E-state index in [1.165, 1.54) is 25.7 Å². The second-order valence-corrected chi connectivity index (χ2v) is 7.29. The molecule has 2 bridgehead atoms. The molecule has 4 atom stereocenters. The maximum Gasteiger partial charge on any atom is 0.291 e. The Bertz CT molecular complexity index is 768. The molecule has 6 heteroatoms. The van der Waals surface area contributed by atoms with Crippen molar-refractivity contribution in [2.45, 2.75) is 52.5 Å². The van der Waals surface area contributed by atoms with Crippen LogP contribution in [0.1, 0.15) is 54.6 Å². The first-order valence-electron chi connectivity index (χ1n) is 8.53. The quantitative estimate of drug-likeness (QED) is 0.943. The lowest BCUT2D eigenvalue weighted by atomic mass is 9.84. The van der Waals surface area contributed by atoms with E-state index < -0.39 is 0 Å². The van der Waals surface area contributed by atoms with Crippen molar-refractivity contribution in [3.63, 3.8) is 0 Å². The molecular weight excluding hydrogens is 290 g/mol. The highest BCUT2D eigenvalue weighted by atomic mass is 16.2. The first-order valence-corrected chi connectivity index (χ1v) is 8.53. The summed E-state index contributed by atoms with van der Waals surface area (Å²) in [5.74, 6) is 2.78. The van der Waals surface area contributed by atoms with Crippen LogP contribution in [0.5, 0.6) is 0 Å². The summed E-state index contributed by atoms with van der Waals surface area (Å²) in [4.78, 5) is 21.1. The Labute approximate surface area is 135 Å². The highest BCUT2D eigenvalue weighted by molar-refractivity contribution is 5.91. The van der Waals surface area contributed by atoms with Crippen LogP contribution in [-0.2, 0) is 0 Å². The summed E-state index contributed by atoms with van der Waals surface area (Å²) >= 11 is 0. The second-order valence-electron chi connectivity index (χ2n) is 7.29. The molecule has 122 valence electrons. The number of nitrogens with zero attached hydrogens (tertiary/aromatic N) is 4. The number of carbonyl (C=O) groups excluding carboxylic acids is 1. The highest BCUT2D eigenvalue weighted by Crippen LogP contribution is 2.49. The fourth-order valence-corrected chi connectivity index (χ4v) is 4.55. The molecule has 1 N–H and O–H groups in total. The summed E-state index contributed by atoms with van der Waals surface area (Å²) < 4.78 is 1.63. The predicted molar refractivity (Wildman–Crippen MR) is 86.1 cm³/mol. The summed E-state index contributed by atoms with van der Waals surface area (Å²) in [6.07, 6.45) is 5.30. The third kappa shape index (κ3) is 2.50. The monoisotopic (exact) mass is 313 g/mol. The van der Waals surface area contributed by atoms with Crippen LogP contribution in [0, 0.1) is 31.6 Å². The smallest absolute Gasteiger partial charge is 0.291 e. The molecule has 2 fully saturated rings. The van der Waals surface area contributed by atoms with Gasteiger partial charge in [-0.15, -0.1) is 5.10 Å². The molecule has 0 saturated heterocycles. The largest absolute Gasteiger partial charge is 0.347 e. The Morgan fingerprint density at radius 2 is 2.13 bits per heavy atom. The minimum Gasteiger partial charge on any atom is -0.347 e. The first-order chi connectivity index (χ1) is 11.0. The molecule has 0 radical (unpaired) electrons. The lowest BCUT2D eigenvalue weighted by Gasteiger charge is -2.28. The maximum atomic E-state index is 12.5. The molecule has 2 aliphatic rings. The number of nitrogens with one attached hydrogen (secondary N) is 1. The molecule has 0 unspecified atom stereocenters. The normalized spacial score (nSPS) is 27.5. The number of hydrogen-bond acceptors (Lipinski definition) is 4. The van der Waals surface area contributed by atoms with Crippen LogP contribution < -0.4 is 5.32 Å². The number of rotatable bonds is 3. The first kappa shape index (κ1) is 14.6. The van der Waals surface area contributed by atoms with Gasteiger partial charge in [-0.1, -0.05) is 6.42 Å². The summed E-state index contributed by atoms with van der Waals surface area (Å²) in [7, 11) is 0. The van der Waals surface area contributed by atoms with Crippen LogP contribution in [0.4, 0.5) is 0 Å². The van der Waals surface area contributed by atoms with Gasteiger partial charge < -0.3 is 5.32 Å². The van der Waals surface area contributed by atoms with E-state index in [4.69, 9.17) is 0 Å². The molecule has 2 saturated carbocycles. The summed E-state index contributed by atoms with van der Waals surface area (Å²) in [6, 6.07) is 2.11. The van der Waals surface area contributed by atoms with E-state index in [-0.39, 0.29) is 17.8 Å². The van der Waals surface area contributed by atoms with Crippen LogP contribution in [0.25, 0.3) is 5.78 Å². The van der Waals surface area contributed by atoms with Gasteiger partial charge in [-0.05, 0) is 63.9 Å². The minimum atomic E-state index is -0.192. The SMILES string of the molecule is Cc1cc(C)n2nc(C(=O)N[C@@H](C)[C@@H]3C[C@H]4CC[C@H]3C4)nc2n1. The van der Waals surface area contributed by atoms with Gasteiger partial charge in [0.15, 0.2) is 0 Å². The maximum absolute atomic E-state index is 12.5. The van der Waals surface area contributed by atoms with E-state index in [1.807, 2.05) is 19.9 Å². The van der Waals surface area contributed by atoms with Gasteiger partial charge in [0.05, 0.1) is 0 Å². The zero-order valence-corrected chi connectivity index (χ0v) is 13.9. The Kier molecular flexibility index (Phi) is 3.36.